The molecular weight excluding hydrogens is 397 g/mol. The number of hydrogen-bond acceptors (Lipinski definition) is 7. The van der Waals surface area contributed by atoms with Crippen LogP contribution in [0.4, 0.5) is 24.9 Å². The summed E-state index contributed by atoms with van der Waals surface area (Å²) in [6.07, 6.45) is 0.750. The Bertz CT molecular complexity index is 1080. The first-order valence-electron chi connectivity index (χ1n) is 9.45. The van der Waals surface area contributed by atoms with Gasteiger partial charge in [0, 0.05) is 12.0 Å². The van der Waals surface area contributed by atoms with Crippen molar-refractivity contribution in [3.8, 4) is 11.8 Å². The molecule has 1 aliphatic rings. The number of fused-ring (bicyclic) bond motifs is 1. The van der Waals surface area contributed by atoms with Crippen LogP contribution in [0.5, 0.6) is 0 Å². The molecule has 8 nitrogen and oxygen atoms in total. The number of alkyl halides is 3. The van der Waals surface area contributed by atoms with E-state index in [1.807, 2.05) is 6.92 Å². The fourth-order valence-electron chi connectivity index (χ4n) is 2.73. The summed E-state index contributed by atoms with van der Waals surface area (Å²) in [4.78, 5) is 16.9. The molecule has 0 radical (unpaired) electrons. The third-order valence-electron chi connectivity index (χ3n) is 4.28. The molecule has 30 heavy (non-hydrogen) atoms. The molecule has 11 heteroatoms. The molecule has 1 fully saturated rings. The molecule has 0 saturated heterocycles. The number of nitrogens with one attached hydrogen (secondary N) is 2. The van der Waals surface area contributed by atoms with E-state index in [-0.39, 0.29) is 23.3 Å². The maximum absolute atomic E-state index is 12.8. The summed E-state index contributed by atoms with van der Waals surface area (Å²) in [5.74, 6) is 6.65. The Morgan fingerprint density at radius 3 is 2.77 bits per heavy atom. The lowest BCUT2D eigenvalue weighted by atomic mass is 10.2. The maximum atomic E-state index is 12.8. The highest BCUT2D eigenvalue weighted by Gasteiger charge is 2.27. The quantitative estimate of drug-likeness (QED) is 0.597. The van der Waals surface area contributed by atoms with Crippen molar-refractivity contribution in [2.75, 3.05) is 17.2 Å². The van der Waals surface area contributed by atoms with Gasteiger partial charge in [0.2, 0.25) is 5.95 Å². The predicted octanol–water partition coefficient (Wildman–Crippen LogP) is 2.85. The van der Waals surface area contributed by atoms with Gasteiger partial charge in [0.1, 0.15) is 30.4 Å². The number of pyridine rings is 1. The van der Waals surface area contributed by atoms with Gasteiger partial charge in [-0.05, 0) is 37.8 Å². The Hall–Kier alpha value is -3.42. The van der Waals surface area contributed by atoms with E-state index in [0.717, 1.165) is 12.8 Å². The van der Waals surface area contributed by atoms with E-state index in [9.17, 15) is 13.2 Å². The second-order valence-electron chi connectivity index (χ2n) is 7.14. The van der Waals surface area contributed by atoms with Gasteiger partial charge in [0.05, 0.1) is 12.1 Å². The molecule has 0 bridgehead atoms. The van der Waals surface area contributed by atoms with Gasteiger partial charge < -0.3 is 10.6 Å². The number of rotatable bonds is 6. The summed E-state index contributed by atoms with van der Waals surface area (Å²) in [5.41, 5.74) is 1.15. The van der Waals surface area contributed by atoms with Gasteiger partial charge in [-0.1, -0.05) is 5.92 Å². The summed E-state index contributed by atoms with van der Waals surface area (Å²) in [6.45, 7) is 1.14. The molecule has 156 valence electrons. The molecule has 3 aromatic rings. The van der Waals surface area contributed by atoms with Crippen LogP contribution in [0.2, 0.25) is 0 Å². The van der Waals surface area contributed by atoms with Crippen molar-refractivity contribution >= 4 is 22.8 Å². The van der Waals surface area contributed by atoms with Crippen molar-refractivity contribution in [1.29, 1.82) is 0 Å². The lowest BCUT2D eigenvalue weighted by Gasteiger charge is -2.16. The average Bonchev–Trinajstić information content (AvgIpc) is 3.38. The number of anilines is 2. The van der Waals surface area contributed by atoms with Crippen LogP contribution in [0.25, 0.3) is 11.0 Å². The first-order chi connectivity index (χ1) is 14.4. The lowest BCUT2D eigenvalue weighted by Crippen LogP contribution is -2.25. The van der Waals surface area contributed by atoms with Crippen LogP contribution in [0.1, 0.15) is 25.5 Å². The molecule has 1 atom stereocenters. The minimum absolute atomic E-state index is 0.00264. The molecule has 4 rings (SSSR count). The summed E-state index contributed by atoms with van der Waals surface area (Å²) in [5, 5.41) is 9.45. The van der Waals surface area contributed by atoms with E-state index in [0.29, 0.717) is 23.7 Å². The normalized spacial score (nSPS) is 14.8. The summed E-state index contributed by atoms with van der Waals surface area (Å²) in [6, 6.07) is 3.25. The number of nitrogens with zero attached hydrogens (tertiary/aromatic N) is 6. The van der Waals surface area contributed by atoms with E-state index in [1.54, 1.807) is 23.1 Å². The van der Waals surface area contributed by atoms with E-state index >= 15 is 0 Å². The van der Waals surface area contributed by atoms with Crippen molar-refractivity contribution in [3.63, 3.8) is 0 Å². The molecule has 0 amide bonds. The second kappa shape index (κ2) is 8.14. The minimum Gasteiger partial charge on any atom is -0.359 e. The van der Waals surface area contributed by atoms with Crippen molar-refractivity contribution < 1.29 is 13.2 Å². The molecule has 1 aliphatic carbocycles. The van der Waals surface area contributed by atoms with E-state index in [1.165, 1.54) is 6.33 Å². The number of hydrogen-bond donors (Lipinski definition) is 2. The SMILES string of the molecule is C[C@H](Cn1cncn1)Nc1nc(NCC(F)(F)F)c2nc(C#CC3CC3)ccc2n1. The van der Waals surface area contributed by atoms with Gasteiger partial charge in [-0.3, -0.25) is 4.68 Å². The predicted molar refractivity (Wildman–Crippen MR) is 105 cm³/mol. The zero-order valence-corrected chi connectivity index (χ0v) is 16.1. The van der Waals surface area contributed by atoms with E-state index in [2.05, 4.69) is 47.5 Å². The molecule has 0 aromatic carbocycles. The number of aromatic nitrogens is 6. The van der Waals surface area contributed by atoms with Gasteiger partial charge in [-0.2, -0.15) is 23.3 Å². The topological polar surface area (TPSA) is 93.4 Å². The van der Waals surface area contributed by atoms with Crippen LogP contribution in [-0.2, 0) is 6.54 Å². The second-order valence-corrected chi connectivity index (χ2v) is 7.14. The van der Waals surface area contributed by atoms with Crippen LogP contribution in [-0.4, -0.2) is 48.5 Å². The van der Waals surface area contributed by atoms with Crippen molar-refractivity contribution in [3.05, 3.63) is 30.5 Å². The molecule has 3 heterocycles. The van der Waals surface area contributed by atoms with Gasteiger partial charge in [0.25, 0.3) is 0 Å². The molecular formula is C19H19F3N8. The Labute approximate surface area is 170 Å². The van der Waals surface area contributed by atoms with E-state index < -0.39 is 12.7 Å². The zero-order valence-electron chi connectivity index (χ0n) is 16.1. The Balaban J connectivity index is 1.62. The molecule has 0 aliphatic heterocycles. The highest BCUT2D eigenvalue weighted by molar-refractivity contribution is 5.86. The van der Waals surface area contributed by atoms with Gasteiger partial charge in [-0.25, -0.2) is 15.0 Å². The van der Waals surface area contributed by atoms with Gasteiger partial charge in [0.15, 0.2) is 5.82 Å². The monoisotopic (exact) mass is 416 g/mol. The van der Waals surface area contributed by atoms with E-state index in [4.69, 9.17) is 0 Å². The van der Waals surface area contributed by atoms with Crippen LogP contribution in [0, 0.1) is 17.8 Å². The Morgan fingerprint density at radius 2 is 2.07 bits per heavy atom. The van der Waals surface area contributed by atoms with Crippen LogP contribution in [0.15, 0.2) is 24.8 Å². The molecule has 3 aromatic heterocycles. The molecule has 0 unspecified atom stereocenters. The first kappa shape index (κ1) is 19.9. The minimum atomic E-state index is -4.39. The highest BCUT2D eigenvalue weighted by Crippen LogP contribution is 2.28. The van der Waals surface area contributed by atoms with Crippen LogP contribution < -0.4 is 10.6 Å². The van der Waals surface area contributed by atoms with Crippen LogP contribution >= 0.6 is 0 Å². The third kappa shape index (κ3) is 5.34. The third-order valence-corrected chi connectivity index (χ3v) is 4.28. The lowest BCUT2D eigenvalue weighted by molar-refractivity contribution is -0.115. The Kier molecular flexibility index (Phi) is 5.39. The molecule has 1 saturated carbocycles. The van der Waals surface area contributed by atoms with Gasteiger partial charge >= 0.3 is 6.18 Å². The fraction of sp³-hybridized carbons (Fsp3) is 0.421. The highest BCUT2D eigenvalue weighted by atomic mass is 19.4. The zero-order chi connectivity index (χ0) is 21.1. The average molecular weight is 416 g/mol. The standard InChI is InChI=1S/C19H19F3N8/c1-12(8-30-11-23-10-25-30)26-18-28-15-7-6-14(5-4-13-2-3-13)27-16(15)17(29-18)24-9-19(20,21)22/h6-7,10-13H,2-3,8-9H2,1H3,(H2,24,26,28,29)/t12-/m1/s1. The summed E-state index contributed by atoms with van der Waals surface area (Å²) < 4.78 is 40.0. The smallest absolute Gasteiger partial charge is 0.359 e. The molecule has 0 spiro atoms. The largest absolute Gasteiger partial charge is 0.405 e. The number of halogens is 3. The van der Waals surface area contributed by atoms with Gasteiger partial charge in [-0.15, -0.1) is 0 Å². The first-order valence-corrected chi connectivity index (χ1v) is 9.45. The Morgan fingerprint density at radius 1 is 1.23 bits per heavy atom. The maximum Gasteiger partial charge on any atom is 0.405 e. The van der Waals surface area contributed by atoms with Crippen LogP contribution in [0.3, 0.4) is 0 Å². The van der Waals surface area contributed by atoms with Crippen molar-refractivity contribution in [1.82, 2.24) is 29.7 Å². The summed E-state index contributed by atoms with van der Waals surface area (Å²) >= 11 is 0. The molecule has 2 N–H and O–H groups in total. The van der Waals surface area contributed by atoms with Crippen molar-refractivity contribution in [2.24, 2.45) is 5.92 Å². The summed E-state index contributed by atoms with van der Waals surface area (Å²) in [7, 11) is 0. The fourth-order valence-corrected chi connectivity index (χ4v) is 2.73. The van der Waals surface area contributed by atoms with Crippen molar-refractivity contribution in [2.45, 2.75) is 38.5 Å².